The van der Waals surface area contributed by atoms with E-state index < -0.39 is 5.60 Å². The summed E-state index contributed by atoms with van der Waals surface area (Å²) in [4.78, 5) is 5.36. The number of rotatable bonds is 5. The second-order valence-corrected chi connectivity index (χ2v) is 10.0. The summed E-state index contributed by atoms with van der Waals surface area (Å²) in [7, 11) is 0. The zero-order chi connectivity index (χ0) is 19.2. The van der Waals surface area contributed by atoms with E-state index in [0.717, 1.165) is 27.5 Å². The number of halogens is 1. The van der Waals surface area contributed by atoms with Crippen molar-refractivity contribution in [2.24, 2.45) is 0 Å². The molecule has 3 nitrogen and oxygen atoms in total. The molecule has 1 aliphatic rings. The van der Waals surface area contributed by atoms with Crippen LogP contribution < -0.4 is 4.74 Å². The maximum absolute atomic E-state index is 11.2. The Hall–Kier alpha value is -1.62. The Labute approximate surface area is 169 Å². The first-order valence-corrected chi connectivity index (χ1v) is 10.4. The van der Waals surface area contributed by atoms with Crippen molar-refractivity contribution < 1.29 is 9.84 Å². The van der Waals surface area contributed by atoms with Crippen molar-refractivity contribution in [1.82, 2.24) is 4.98 Å². The minimum absolute atomic E-state index is 0.263. The number of pyridine rings is 1. The molecular weight excluding hydrogens is 378 g/mol. The molecule has 1 aliphatic heterocycles. The Morgan fingerprint density at radius 3 is 2.85 bits per heavy atom. The van der Waals surface area contributed by atoms with Crippen molar-refractivity contribution in [3.05, 3.63) is 57.7 Å². The molecule has 5 heteroatoms. The maximum Gasteiger partial charge on any atom is 0.126 e. The lowest BCUT2D eigenvalue weighted by Crippen LogP contribution is -2.36. The van der Waals surface area contributed by atoms with Gasteiger partial charge in [0.25, 0.3) is 0 Å². The van der Waals surface area contributed by atoms with Crippen LogP contribution in [-0.2, 0) is 18.3 Å². The van der Waals surface area contributed by atoms with E-state index in [1.54, 1.807) is 17.5 Å². The lowest BCUT2D eigenvalue weighted by Gasteiger charge is -2.35. The minimum atomic E-state index is -0.842. The van der Waals surface area contributed by atoms with Gasteiger partial charge in [0.1, 0.15) is 5.75 Å². The van der Waals surface area contributed by atoms with Gasteiger partial charge in [0.15, 0.2) is 0 Å². The van der Waals surface area contributed by atoms with Gasteiger partial charge in [-0.05, 0) is 54.0 Å². The van der Waals surface area contributed by atoms with Gasteiger partial charge in [-0.2, -0.15) is 0 Å². The normalized spacial score (nSPS) is 16.2. The summed E-state index contributed by atoms with van der Waals surface area (Å²) < 4.78 is 7.05. The van der Waals surface area contributed by atoms with Gasteiger partial charge in [0, 0.05) is 40.7 Å². The van der Waals surface area contributed by atoms with E-state index in [-0.39, 0.29) is 5.41 Å². The number of benzene rings is 1. The first-order valence-electron chi connectivity index (χ1n) is 9.24. The highest BCUT2D eigenvalue weighted by molar-refractivity contribution is 7.19. The van der Waals surface area contributed by atoms with Crippen molar-refractivity contribution in [1.29, 1.82) is 0 Å². The molecule has 0 fully saturated rings. The third-order valence-corrected chi connectivity index (χ3v) is 6.53. The lowest BCUT2D eigenvalue weighted by atomic mass is 9.74. The molecule has 1 N–H and O–H groups in total. The number of aliphatic hydroxyl groups is 1. The van der Waals surface area contributed by atoms with Crippen LogP contribution in [0.5, 0.6) is 5.75 Å². The zero-order valence-electron chi connectivity index (χ0n) is 15.9. The van der Waals surface area contributed by atoms with Crippen molar-refractivity contribution in [2.75, 3.05) is 6.61 Å². The molecular formula is C22H24ClNO2S. The third-order valence-electron chi connectivity index (χ3n) is 5.23. The van der Waals surface area contributed by atoms with Crippen LogP contribution >= 0.6 is 22.9 Å². The first kappa shape index (κ1) is 18.7. The summed E-state index contributed by atoms with van der Waals surface area (Å²) in [5.41, 5.74) is 1.15. The van der Waals surface area contributed by atoms with Crippen LogP contribution in [0.2, 0.25) is 5.02 Å². The number of nitrogens with zero attached hydrogens (tertiary/aromatic N) is 1. The number of thiophene rings is 1. The molecule has 3 aromatic rings. The Kier molecular flexibility index (Phi) is 4.69. The molecule has 27 heavy (non-hydrogen) atoms. The molecule has 0 spiro atoms. The molecule has 0 saturated heterocycles. The monoisotopic (exact) mass is 401 g/mol. The molecule has 0 saturated carbocycles. The Morgan fingerprint density at radius 2 is 2.07 bits per heavy atom. The number of hydrogen-bond acceptors (Lipinski definition) is 4. The minimum Gasteiger partial charge on any atom is -0.493 e. The molecule has 0 bridgehead atoms. The van der Waals surface area contributed by atoms with Gasteiger partial charge in [-0.15, -0.1) is 11.3 Å². The molecule has 1 aromatic carbocycles. The van der Waals surface area contributed by atoms with Gasteiger partial charge in [0.05, 0.1) is 16.9 Å². The highest BCUT2D eigenvalue weighted by Gasteiger charge is 2.36. The predicted molar refractivity (Wildman–Crippen MR) is 112 cm³/mol. The topological polar surface area (TPSA) is 42.4 Å². The van der Waals surface area contributed by atoms with E-state index in [2.05, 4.69) is 24.9 Å². The van der Waals surface area contributed by atoms with Gasteiger partial charge in [-0.1, -0.05) is 25.4 Å². The van der Waals surface area contributed by atoms with Crippen LogP contribution in [0.4, 0.5) is 0 Å². The van der Waals surface area contributed by atoms with Crippen LogP contribution in [0, 0.1) is 0 Å². The second kappa shape index (κ2) is 6.77. The van der Waals surface area contributed by atoms with E-state index in [1.165, 1.54) is 15.8 Å². The van der Waals surface area contributed by atoms with Gasteiger partial charge in [-0.3, -0.25) is 4.98 Å². The summed E-state index contributed by atoms with van der Waals surface area (Å²) >= 11 is 8.06. The smallest absolute Gasteiger partial charge is 0.126 e. The van der Waals surface area contributed by atoms with Crippen LogP contribution in [0.25, 0.3) is 10.1 Å². The number of fused-ring (bicyclic) bond motifs is 2. The van der Waals surface area contributed by atoms with E-state index in [4.69, 9.17) is 16.3 Å². The summed E-state index contributed by atoms with van der Waals surface area (Å²) in [5, 5.41) is 13.1. The van der Waals surface area contributed by atoms with Crippen LogP contribution in [0.3, 0.4) is 0 Å². The molecule has 0 amide bonds. The Bertz CT molecular complexity index is 960. The Morgan fingerprint density at radius 1 is 1.26 bits per heavy atom. The van der Waals surface area contributed by atoms with Gasteiger partial charge >= 0.3 is 0 Å². The molecule has 142 valence electrons. The fourth-order valence-electron chi connectivity index (χ4n) is 4.28. The average Bonchev–Trinajstić information content (AvgIpc) is 3.17. The van der Waals surface area contributed by atoms with E-state index >= 15 is 0 Å². The van der Waals surface area contributed by atoms with E-state index in [1.807, 2.05) is 31.3 Å². The second-order valence-electron chi connectivity index (χ2n) is 8.40. The fraction of sp³-hybridized carbons (Fsp3) is 0.409. The van der Waals surface area contributed by atoms with Crippen LogP contribution in [-0.4, -0.2) is 22.3 Å². The summed E-state index contributed by atoms with van der Waals surface area (Å²) in [5.74, 6) is 0.952. The summed E-state index contributed by atoms with van der Waals surface area (Å²) in [6, 6.07) is 8.16. The number of ether oxygens (including phenoxy) is 1. The highest BCUT2D eigenvalue weighted by Crippen LogP contribution is 2.44. The summed E-state index contributed by atoms with van der Waals surface area (Å²) in [6.07, 6.45) is 5.81. The van der Waals surface area contributed by atoms with Crippen LogP contribution in [0.15, 0.2) is 36.7 Å². The molecule has 1 unspecified atom stereocenters. The molecule has 1 atom stereocenters. The zero-order valence-corrected chi connectivity index (χ0v) is 17.5. The van der Waals surface area contributed by atoms with Gasteiger partial charge in [0.2, 0.25) is 0 Å². The van der Waals surface area contributed by atoms with E-state index in [9.17, 15) is 5.11 Å². The van der Waals surface area contributed by atoms with Crippen molar-refractivity contribution >= 4 is 33.0 Å². The average molecular weight is 402 g/mol. The van der Waals surface area contributed by atoms with Crippen molar-refractivity contribution in [3.63, 3.8) is 0 Å². The lowest BCUT2D eigenvalue weighted by molar-refractivity contribution is 0.0320. The quantitative estimate of drug-likeness (QED) is 0.609. The number of aromatic nitrogens is 1. The first-order chi connectivity index (χ1) is 12.7. The maximum atomic E-state index is 11.2. The molecule has 4 rings (SSSR count). The molecule has 0 radical (unpaired) electrons. The largest absolute Gasteiger partial charge is 0.493 e. The van der Waals surface area contributed by atoms with Crippen molar-refractivity contribution in [2.45, 2.75) is 51.0 Å². The molecule has 0 aliphatic carbocycles. The SMILES string of the molecule is CC(O)(Cc1cc2ccncc2s1)CC(C)(C)c1cc(Cl)cc2c1OCC2. The highest BCUT2D eigenvalue weighted by atomic mass is 35.5. The number of hydrogen-bond donors (Lipinski definition) is 1. The van der Waals surface area contributed by atoms with Gasteiger partial charge < -0.3 is 9.84 Å². The predicted octanol–water partition coefficient (Wildman–Crippen LogP) is 5.55. The summed E-state index contributed by atoms with van der Waals surface area (Å²) in [6.45, 7) is 6.93. The fourth-order valence-corrected chi connectivity index (χ4v) is 5.73. The van der Waals surface area contributed by atoms with E-state index in [0.29, 0.717) is 19.4 Å². The molecule has 2 aromatic heterocycles. The van der Waals surface area contributed by atoms with Crippen molar-refractivity contribution in [3.8, 4) is 5.75 Å². The van der Waals surface area contributed by atoms with Crippen LogP contribution in [0.1, 0.15) is 43.2 Å². The third kappa shape index (κ3) is 3.84. The molecule has 3 heterocycles. The standard InChI is InChI=1S/C22H24ClNO2S/c1-21(2,18-10-16(23)8-15-5-7-26-20(15)18)13-22(3,25)11-17-9-14-4-6-24-12-19(14)27-17/h4,6,8-10,12,25H,5,7,11,13H2,1-3H3. The Balaban J connectivity index is 1.59. The van der Waals surface area contributed by atoms with Gasteiger partial charge in [-0.25, -0.2) is 0 Å².